The van der Waals surface area contributed by atoms with Crippen molar-refractivity contribution in [2.24, 2.45) is 0 Å². The summed E-state index contributed by atoms with van der Waals surface area (Å²) in [5, 5.41) is 0.861. The SMILES string of the molecule is CN(C)C(=O)Cc1c(-c2ccc(OCCCF)cc2)nc2c(Cl)cc(Cl)cn12. The van der Waals surface area contributed by atoms with E-state index in [1.807, 2.05) is 12.1 Å². The zero-order valence-corrected chi connectivity index (χ0v) is 17.1. The number of nitrogens with zero attached hydrogens (tertiary/aromatic N) is 3. The normalized spacial score (nSPS) is 11.0. The second kappa shape index (κ2) is 8.80. The fourth-order valence-corrected chi connectivity index (χ4v) is 3.29. The van der Waals surface area contributed by atoms with E-state index in [2.05, 4.69) is 4.98 Å². The standard InChI is InChI=1S/C20H20Cl2FN3O2/c1-25(2)18(27)11-17-19(24-20-16(22)10-14(21)12-26(17)20)13-4-6-15(7-5-13)28-9-3-8-23/h4-7,10,12H,3,8-9,11H2,1-2H3. The Morgan fingerprint density at radius 2 is 1.96 bits per heavy atom. The fraction of sp³-hybridized carbons (Fsp3) is 0.300. The number of rotatable bonds is 7. The quantitative estimate of drug-likeness (QED) is 0.518. The molecular weight excluding hydrogens is 404 g/mol. The Morgan fingerprint density at radius 1 is 1.25 bits per heavy atom. The summed E-state index contributed by atoms with van der Waals surface area (Å²) >= 11 is 12.5. The highest BCUT2D eigenvalue weighted by atomic mass is 35.5. The van der Waals surface area contributed by atoms with Gasteiger partial charge in [0.1, 0.15) is 5.75 Å². The minimum absolute atomic E-state index is 0.0645. The molecule has 0 unspecified atom stereocenters. The largest absolute Gasteiger partial charge is 0.493 e. The number of hydrogen-bond acceptors (Lipinski definition) is 3. The number of fused-ring (bicyclic) bond motifs is 1. The van der Waals surface area contributed by atoms with Crippen molar-refractivity contribution in [3.63, 3.8) is 0 Å². The Hall–Kier alpha value is -2.31. The van der Waals surface area contributed by atoms with E-state index >= 15 is 0 Å². The Kier molecular flexibility index (Phi) is 6.42. The number of carbonyl (C=O) groups excluding carboxylic acids is 1. The molecule has 2 aromatic heterocycles. The van der Waals surface area contributed by atoms with Crippen LogP contribution >= 0.6 is 23.2 Å². The zero-order valence-electron chi connectivity index (χ0n) is 15.6. The topological polar surface area (TPSA) is 46.8 Å². The van der Waals surface area contributed by atoms with E-state index in [4.69, 9.17) is 27.9 Å². The summed E-state index contributed by atoms with van der Waals surface area (Å²) in [7, 11) is 3.41. The highest BCUT2D eigenvalue weighted by Crippen LogP contribution is 2.31. The van der Waals surface area contributed by atoms with Gasteiger partial charge in [-0.25, -0.2) is 4.98 Å². The van der Waals surface area contributed by atoms with Crippen LogP contribution in [-0.4, -0.2) is 47.6 Å². The molecule has 1 aromatic carbocycles. The molecule has 2 heterocycles. The number of benzene rings is 1. The average Bonchev–Trinajstić information content (AvgIpc) is 3.01. The average molecular weight is 424 g/mol. The summed E-state index contributed by atoms with van der Waals surface area (Å²) in [5.41, 5.74) is 2.69. The van der Waals surface area contributed by atoms with Gasteiger partial charge < -0.3 is 14.0 Å². The van der Waals surface area contributed by atoms with Crippen LogP contribution in [0.4, 0.5) is 4.39 Å². The first-order valence-corrected chi connectivity index (χ1v) is 9.51. The first-order valence-electron chi connectivity index (χ1n) is 8.76. The highest BCUT2D eigenvalue weighted by Gasteiger charge is 2.20. The summed E-state index contributed by atoms with van der Waals surface area (Å²) in [4.78, 5) is 18.6. The number of imidazole rings is 1. The van der Waals surface area contributed by atoms with Gasteiger partial charge in [-0.15, -0.1) is 0 Å². The molecule has 28 heavy (non-hydrogen) atoms. The van der Waals surface area contributed by atoms with Crippen LogP contribution in [0.3, 0.4) is 0 Å². The van der Waals surface area contributed by atoms with Gasteiger partial charge in [-0.05, 0) is 30.3 Å². The third kappa shape index (κ3) is 4.39. The molecule has 8 heteroatoms. The molecule has 0 spiro atoms. The summed E-state index contributed by atoms with van der Waals surface area (Å²) in [5.74, 6) is 0.582. The first kappa shape index (κ1) is 20.4. The smallest absolute Gasteiger partial charge is 0.228 e. The Bertz CT molecular complexity index is 987. The number of pyridine rings is 1. The summed E-state index contributed by atoms with van der Waals surface area (Å²) in [6, 6.07) is 8.92. The molecule has 0 fully saturated rings. The predicted molar refractivity (Wildman–Crippen MR) is 109 cm³/mol. The number of halogens is 3. The number of amides is 1. The van der Waals surface area contributed by atoms with E-state index in [9.17, 15) is 9.18 Å². The number of hydrogen-bond donors (Lipinski definition) is 0. The lowest BCUT2D eigenvalue weighted by atomic mass is 10.1. The fourth-order valence-electron chi connectivity index (χ4n) is 2.77. The number of aromatic nitrogens is 2. The van der Waals surface area contributed by atoms with E-state index in [1.54, 1.807) is 42.9 Å². The molecule has 0 aliphatic rings. The van der Waals surface area contributed by atoms with Crippen molar-refractivity contribution in [1.29, 1.82) is 0 Å². The summed E-state index contributed by atoms with van der Waals surface area (Å²) in [6.07, 6.45) is 2.20. The minimum Gasteiger partial charge on any atom is -0.493 e. The van der Waals surface area contributed by atoms with Crippen LogP contribution in [0.15, 0.2) is 36.5 Å². The molecule has 148 valence electrons. The molecular formula is C20H20Cl2FN3O2. The molecule has 0 saturated heterocycles. The van der Waals surface area contributed by atoms with Crippen molar-refractivity contribution < 1.29 is 13.9 Å². The van der Waals surface area contributed by atoms with Gasteiger partial charge in [0.2, 0.25) is 5.91 Å². The van der Waals surface area contributed by atoms with E-state index in [-0.39, 0.29) is 12.3 Å². The second-order valence-corrected chi connectivity index (χ2v) is 7.33. The number of carbonyl (C=O) groups is 1. The third-order valence-electron chi connectivity index (χ3n) is 4.23. The van der Waals surface area contributed by atoms with Crippen molar-refractivity contribution in [3.05, 3.63) is 52.3 Å². The van der Waals surface area contributed by atoms with E-state index in [1.165, 1.54) is 4.90 Å². The van der Waals surface area contributed by atoms with E-state index in [0.29, 0.717) is 45.9 Å². The second-order valence-electron chi connectivity index (χ2n) is 6.49. The summed E-state index contributed by atoms with van der Waals surface area (Å²) in [6.45, 7) is -0.0905. The summed E-state index contributed by atoms with van der Waals surface area (Å²) < 4.78 is 19.5. The third-order valence-corrected chi connectivity index (χ3v) is 4.72. The highest BCUT2D eigenvalue weighted by molar-refractivity contribution is 6.36. The molecule has 1 amide bonds. The van der Waals surface area contributed by atoms with Crippen molar-refractivity contribution in [1.82, 2.24) is 14.3 Å². The lowest BCUT2D eigenvalue weighted by Gasteiger charge is -2.12. The Morgan fingerprint density at radius 3 is 2.61 bits per heavy atom. The number of ether oxygens (including phenoxy) is 1. The zero-order chi connectivity index (χ0) is 20.3. The van der Waals surface area contributed by atoms with Gasteiger partial charge in [0.15, 0.2) is 5.65 Å². The van der Waals surface area contributed by atoms with Gasteiger partial charge in [-0.1, -0.05) is 23.2 Å². The van der Waals surface area contributed by atoms with E-state index < -0.39 is 6.67 Å². The van der Waals surface area contributed by atoms with Crippen LogP contribution in [0.25, 0.3) is 16.9 Å². The maximum atomic E-state index is 12.4. The molecule has 0 aliphatic heterocycles. The van der Waals surface area contributed by atoms with Gasteiger partial charge in [-0.3, -0.25) is 9.18 Å². The van der Waals surface area contributed by atoms with Crippen LogP contribution < -0.4 is 4.74 Å². The monoisotopic (exact) mass is 423 g/mol. The maximum absolute atomic E-state index is 12.4. The molecule has 5 nitrogen and oxygen atoms in total. The molecule has 3 rings (SSSR count). The van der Waals surface area contributed by atoms with Crippen LogP contribution in [-0.2, 0) is 11.2 Å². The maximum Gasteiger partial charge on any atom is 0.228 e. The molecule has 0 saturated carbocycles. The van der Waals surface area contributed by atoms with Crippen molar-refractivity contribution in [3.8, 4) is 17.0 Å². The van der Waals surface area contributed by atoms with Crippen LogP contribution in [0.1, 0.15) is 12.1 Å². The Balaban J connectivity index is 2.04. The van der Waals surface area contributed by atoms with Crippen LogP contribution in [0, 0.1) is 0 Å². The van der Waals surface area contributed by atoms with Gasteiger partial charge in [0.05, 0.1) is 41.1 Å². The molecule has 3 aromatic rings. The van der Waals surface area contributed by atoms with Crippen LogP contribution in [0.2, 0.25) is 10.0 Å². The van der Waals surface area contributed by atoms with Gasteiger partial charge in [0.25, 0.3) is 0 Å². The Labute approximate surface area is 172 Å². The van der Waals surface area contributed by atoms with Crippen molar-refractivity contribution >= 4 is 34.8 Å². The lowest BCUT2D eigenvalue weighted by molar-refractivity contribution is -0.128. The molecule has 0 atom stereocenters. The number of likely N-dealkylation sites (N-methyl/N-ethyl adjacent to an activating group) is 1. The van der Waals surface area contributed by atoms with Gasteiger partial charge >= 0.3 is 0 Å². The molecule has 0 N–H and O–H groups in total. The lowest BCUT2D eigenvalue weighted by Crippen LogP contribution is -2.24. The first-order chi connectivity index (χ1) is 13.4. The minimum atomic E-state index is -0.411. The van der Waals surface area contributed by atoms with Gasteiger partial charge in [-0.2, -0.15) is 0 Å². The van der Waals surface area contributed by atoms with Crippen molar-refractivity contribution in [2.45, 2.75) is 12.8 Å². The molecule has 0 bridgehead atoms. The van der Waals surface area contributed by atoms with Crippen molar-refractivity contribution in [2.75, 3.05) is 27.4 Å². The predicted octanol–water partition coefficient (Wildman–Crippen LogP) is 4.68. The number of alkyl halides is 1. The molecule has 0 aliphatic carbocycles. The molecule has 0 radical (unpaired) electrons. The van der Waals surface area contributed by atoms with Gasteiger partial charge in [0, 0.05) is 32.3 Å². The van der Waals surface area contributed by atoms with E-state index in [0.717, 1.165) is 5.56 Å². The van der Waals surface area contributed by atoms with Crippen LogP contribution in [0.5, 0.6) is 5.75 Å².